The molecule has 17 heteroatoms. The Morgan fingerprint density at radius 1 is 0.931 bits per heavy atom. The van der Waals surface area contributed by atoms with Gasteiger partial charge in [-0.25, -0.2) is 26.9 Å². The number of rotatable bonds is 7. The van der Waals surface area contributed by atoms with E-state index in [0.29, 0.717) is 59.5 Å². The molecule has 0 bridgehead atoms. The molecule has 302 valence electrons. The summed E-state index contributed by atoms with van der Waals surface area (Å²) in [5.41, 5.74) is 0.852. The minimum Gasteiger partial charge on any atom is -0.381 e. The smallest absolute Gasteiger partial charge is 0.381 e. The zero-order valence-corrected chi connectivity index (χ0v) is 31.3. The molecule has 1 spiro atoms. The van der Waals surface area contributed by atoms with Crippen molar-refractivity contribution in [2.75, 3.05) is 34.8 Å². The van der Waals surface area contributed by atoms with E-state index in [0.717, 1.165) is 36.0 Å². The Bertz CT molecular complexity index is 2370. The van der Waals surface area contributed by atoms with Crippen LogP contribution in [0, 0.1) is 11.2 Å². The second-order valence-corrected chi connectivity index (χ2v) is 15.9. The van der Waals surface area contributed by atoms with Crippen LogP contribution in [-0.4, -0.2) is 42.4 Å². The zero-order valence-electron chi connectivity index (χ0n) is 30.5. The third-order valence-electron chi connectivity index (χ3n) is 10.9. The Morgan fingerprint density at radius 3 is 2.38 bits per heavy atom. The van der Waals surface area contributed by atoms with E-state index in [1.165, 1.54) is 23.1 Å². The monoisotopic (exact) mass is 826 g/mol. The van der Waals surface area contributed by atoms with E-state index >= 15 is 0 Å². The lowest BCUT2D eigenvalue weighted by Crippen LogP contribution is -2.52. The van der Waals surface area contributed by atoms with Crippen molar-refractivity contribution in [2.45, 2.75) is 50.7 Å². The average molecular weight is 827 g/mol. The predicted octanol–water partition coefficient (Wildman–Crippen LogP) is 9.64. The van der Waals surface area contributed by atoms with Crippen molar-refractivity contribution in [3.05, 3.63) is 130 Å². The maximum absolute atomic E-state index is 14.7. The molecule has 2 amide bonds. The van der Waals surface area contributed by atoms with Crippen LogP contribution in [0.3, 0.4) is 0 Å². The number of piperidine rings is 1. The Morgan fingerprint density at radius 2 is 1.67 bits per heavy atom. The summed E-state index contributed by atoms with van der Waals surface area (Å²) in [6, 6.07) is 12.9. The molecule has 1 saturated carbocycles. The lowest BCUT2D eigenvalue weighted by molar-refractivity contribution is -0.168. The van der Waals surface area contributed by atoms with Crippen LogP contribution in [0.25, 0.3) is 10.4 Å². The van der Waals surface area contributed by atoms with Crippen LogP contribution in [-0.2, 0) is 19.1 Å². The molecule has 0 atom stereocenters. The topological polar surface area (TPSA) is 89.6 Å². The van der Waals surface area contributed by atoms with Gasteiger partial charge in [0.05, 0.1) is 21.8 Å². The van der Waals surface area contributed by atoms with E-state index in [-0.39, 0.29) is 59.7 Å². The van der Waals surface area contributed by atoms with Crippen molar-refractivity contribution in [3.63, 3.8) is 0 Å². The van der Waals surface area contributed by atoms with Crippen LogP contribution >= 0.6 is 11.3 Å². The molecule has 2 aromatic heterocycles. The number of allylic oxidation sites excluding steroid dienone is 3. The molecule has 8 rings (SSSR count). The van der Waals surface area contributed by atoms with Crippen molar-refractivity contribution in [2.24, 2.45) is 5.41 Å². The van der Waals surface area contributed by atoms with Gasteiger partial charge in [-0.3, -0.25) is 9.59 Å². The standard InChI is InChI=1S/C41H34F8N6O2S/c42-27-3-6-30-33(16-27)55(10-7-24-14-34(58-35(24)30)37(56)53-32-20-50-19-28(43)15-31(32)44)38(57)23-1-4-29(5-2-23)51-17-25-13-26(41(47,48)49)18-52-36(25)54-11-8-39(9-12-54)21-40(45,46)22-39/h1-6,13-16,18-20,50-51H,7-12,17,21-22H2,(H,53,56). The van der Waals surface area contributed by atoms with E-state index in [4.69, 9.17) is 0 Å². The first kappa shape index (κ1) is 39.1. The number of benzene rings is 2. The summed E-state index contributed by atoms with van der Waals surface area (Å²) >= 11 is 1.08. The highest BCUT2D eigenvalue weighted by Gasteiger charge is 2.56. The fourth-order valence-corrected chi connectivity index (χ4v) is 9.12. The third kappa shape index (κ3) is 7.91. The first-order chi connectivity index (χ1) is 27.6. The van der Waals surface area contributed by atoms with E-state index in [1.807, 2.05) is 4.90 Å². The number of hydrogen-bond acceptors (Lipinski definition) is 7. The zero-order chi connectivity index (χ0) is 41.0. The molecule has 8 nitrogen and oxygen atoms in total. The summed E-state index contributed by atoms with van der Waals surface area (Å²) in [7, 11) is 0. The number of thiophene rings is 1. The molecule has 4 aliphatic rings. The molecular weight excluding hydrogens is 793 g/mol. The average Bonchev–Trinajstić information content (AvgIpc) is 3.45. The fourth-order valence-electron chi connectivity index (χ4n) is 7.98. The van der Waals surface area contributed by atoms with Crippen molar-refractivity contribution < 1.29 is 44.7 Å². The van der Waals surface area contributed by atoms with Crippen LogP contribution in [0.4, 0.5) is 52.3 Å². The highest BCUT2D eigenvalue weighted by Crippen LogP contribution is 2.57. The molecule has 5 heterocycles. The Kier molecular flexibility index (Phi) is 10.1. The third-order valence-corrected chi connectivity index (χ3v) is 12.1. The maximum atomic E-state index is 14.7. The normalized spacial score (nSPS) is 18.3. The summed E-state index contributed by atoms with van der Waals surface area (Å²) in [6.45, 7) is 0.851. The van der Waals surface area contributed by atoms with Gasteiger partial charge in [0.1, 0.15) is 17.5 Å². The van der Waals surface area contributed by atoms with E-state index in [2.05, 4.69) is 20.9 Å². The minimum absolute atomic E-state index is 0.0453. The number of hydrogen-bond donors (Lipinski definition) is 3. The van der Waals surface area contributed by atoms with Gasteiger partial charge in [0, 0.05) is 90.9 Å². The molecule has 3 N–H and O–H groups in total. The van der Waals surface area contributed by atoms with Crippen molar-refractivity contribution in [1.29, 1.82) is 0 Å². The summed E-state index contributed by atoms with van der Waals surface area (Å²) < 4.78 is 111. The van der Waals surface area contributed by atoms with Crippen LogP contribution in [0.1, 0.15) is 62.4 Å². The van der Waals surface area contributed by atoms with Gasteiger partial charge in [-0.1, -0.05) is 0 Å². The maximum Gasteiger partial charge on any atom is 0.417 e. The lowest BCUT2D eigenvalue weighted by Gasteiger charge is -2.52. The van der Waals surface area contributed by atoms with E-state index in [1.54, 1.807) is 30.3 Å². The molecule has 4 aromatic rings. The van der Waals surface area contributed by atoms with Gasteiger partial charge in [-0.05, 0) is 84.8 Å². The molecule has 58 heavy (non-hydrogen) atoms. The number of carbonyl (C=O) groups is 2. The number of aromatic nitrogens is 1. The van der Waals surface area contributed by atoms with E-state index < -0.39 is 52.4 Å². The number of fused-ring (bicyclic) bond motifs is 3. The molecule has 0 unspecified atom stereocenters. The molecule has 3 aliphatic heterocycles. The van der Waals surface area contributed by atoms with Crippen molar-refractivity contribution >= 4 is 40.3 Å². The van der Waals surface area contributed by atoms with Gasteiger partial charge in [0.2, 0.25) is 5.92 Å². The number of carbonyl (C=O) groups excluding carboxylic acids is 2. The number of pyridine rings is 1. The molecular formula is C41H34F8N6O2S. The fraction of sp³-hybridized carbons (Fsp3) is 0.293. The Hall–Kier alpha value is -5.71. The molecule has 0 radical (unpaired) electrons. The Balaban J connectivity index is 0.973. The predicted molar refractivity (Wildman–Crippen MR) is 203 cm³/mol. The van der Waals surface area contributed by atoms with Gasteiger partial charge in [-0.2, -0.15) is 13.2 Å². The first-order valence-corrected chi connectivity index (χ1v) is 19.2. The lowest BCUT2D eigenvalue weighted by atomic mass is 9.61. The molecule has 1 saturated heterocycles. The SMILES string of the molecule is O=C(NC1=CNC=C(F)C=C1F)c1cc2c(s1)-c1ccc(F)cc1N(C(=O)c1ccc(NCc3cc(C(F)(F)F)cnc3N3CCC4(CC3)CC(F)(F)C4)cc1)CC2. The minimum atomic E-state index is -4.63. The summed E-state index contributed by atoms with van der Waals surface area (Å²) in [5, 5.41) is 8.00. The molecule has 2 fully saturated rings. The largest absolute Gasteiger partial charge is 0.417 e. The highest BCUT2D eigenvalue weighted by molar-refractivity contribution is 7.17. The van der Waals surface area contributed by atoms with Crippen LogP contribution in [0.5, 0.6) is 0 Å². The first-order valence-electron chi connectivity index (χ1n) is 18.3. The summed E-state index contributed by atoms with van der Waals surface area (Å²) in [4.78, 5) is 35.4. The second kappa shape index (κ2) is 14.9. The van der Waals surface area contributed by atoms with Gasteiger partial charge >= 0.3 is 6.18 Å². The number of anilines is 3. The van der Waals surface area contributed by atoms with Crippen molar-refractivity contribution in [1.82, 2.24) is 15.6 Å². The number of nitrogens with zero attached hydrogens (tertiary/aromatic N) is 3. The number of alkyl halides is 5. The number of halogens is 8. The number of nitrogens with one attached hydrogen (secondary N) is 3. The molecule has 1 aliphatic carbocycles. The molecule has 2 aromatic carbocycles. The quantitative estimate of drug-likeness (QED) is 0.161. The van der Waals surface area contributed by atoms with Gasteiger partial charge in [-0.15, -0.1) is 11.3 Å². The van der Waals surface area contributed by atoms with Crippen LogP contribution in [0.2, 0.25) is 0 Å². The summed E-state index contributed by atoms with van der Waals surface area (Å²) in [6.07, 6.45) is -0.279. The highest BCUT2D eigenvalue weighted by atomic mass is 32.1. The van der Waals surface area contributed by atoms with Crippen LogP contribution in [0.15, 0.2) is 96.6 Å². The summed E-state index contributed by atoms with van der Waals surface area (Å²) in [5.74, 6) is -5.87. The van der Waals surface area contributed by atoms with Crippen LogP contribution < -0.4 is 25.8 Å². The van der Waals surface area contributed by atoms with Gasteiger partial charge in [0.15, 0.2) is 5.83 Å². The Labute approximate surface area is 330 Å². The van der Waals surface area contributed by atoms with Gasteiger partial charge in [0.25, 0.3) is 11.8 Å². The van der Waals surface area contributed by atoms with E-state index in [9.17, 15) is 44.7 Å². The van der Waals surface area contributed by atoms with Crippen molar-refractivity contribution in [3.8, 4) is 10.4 Å². The number of amides is 2. The second-order valence-electron chi connectivity index (χ2n) is 14.9. The van der Waals surface area contributed by atoms with Gasteiger partial charge < -0.3 is 25.8 Å².